The number of fused-ring (bicyclic) bond motifs is 1. The number of halogens is 1. The number of carbonyl (C=O) groups is 1. The molecular weight excluding hydrogens is 444 g/mol. The molecule has 32 heavy (non-hydrogen) atoms. The summed E-state index contributed by atoms with van der Waals surface area (Å²) in [7, 11) is 0. The lowest BCUT2D eigenvalue weighted by molar-refractivity contribution is -0.113. The highest BCUT2D eigenvalue weighted by Gasteiger charge is 2.15. The molecule has 0 spiro atoms. The van der Waals surface area contributed by atoms with Crippen molar-refractivity contribution in [3.05, 3.63) is 90.2 Å². The quantitative estimate of drug-likeness (QED) is 0.258. The lowest BCUT2D eigenvalue weighted by atomic mass is 10.1. The molecule has 1 heterocycles. The van der Waals surface area contributed by atoms with Crippen molar-refractivity contribution in [2.24, 2.45) is 0 Å². The van der Waals surface area contributed by atoms with Crippen LogP contribution < -0.4 is 10.1 Å². The molecule has 0 radical (unpaired) electrons. The topological polar surface area (TPSA) is 69.0 Å². The summed E-state index contributed by atoms with van der Waals surface area (Å²) in [5.74, 6) is 1.44. The van der Waals surface area contributed by atoms with E-state index in [1.165, 1.54) is 11.8 Å². The van der Waals surface area contributed by atoms with E-state index >= 15 is 0 Å². The van der Waals surface area contributed by atoms with Crippen LogP contribution in [-0.4, -0.2) is 26.4 Å². The van der Waals surface area contributed by atoms with E-state index in [9.17, 15) is 4.79 Å². The molecule has 4 rings (SSSR count). The standard InChI is InChI=1S/C24H21ClN4O2S/c1-2-14-29-22(15-31-21-13-7-9-17-8-3-4-10-18(17)21)27-28-24(29)32-16-23(30)26-20-12-6-5-11-19(20)25/h2-13H,1,14-16H2,(H,26,30). The number of hydrogen-bond acceptors (Lipinski definition) is 5. The minimum Gasteiger partial charge on any atom is -0.485 e. The van der Waals surface area contributed by atoms with E-state index in [1.54, 1.807) is 18.2 Å². The van der Waals surface area contributed by atoms with Crippen molar-refractivity contribution in [3.8, 4) is 5.75 Å². The second-order valence-electron chi connectivity index (χ2n) is 6.88. The summed E-state index contributed by atoms with van der Waals surface area (Å²) in [5, 5.41) is 14.6. The van der Waals surface area contributed by atoms with Gasteiger partial charge < -0.3 is 10.1 Å². The molecule has 162 valence electrons. The SMILES string of the molecule is C=CCn1c(COc2cccc3ccccc23)nnc1SCC(=O)Nc1ccccc1Cl. The third-order valence-electron chi connectivity index (χ3n) is 4.69. The Morgan fingerprint density at radius 3 is 2.72 bits per heavy atom. The Morgan fingerprint density at radius 2 is 1.88 bits per heavy atom. The number of ether oxygens (including phenoxy) is 1. The number of amides is 1. The van der Waals surface area contributed by atoms with Gasteiger partial charge in [0.25, 0.3) is 0 Å². The third-order valence-corrected chi connectivity index (χ3v) is 5.99. The number of anilines is 1. The average molecular weight is 465 g/mol. The predicted octanol–water partition coefficient (Wildman–Crippen LogP) is 5.58. The summed E-state index contributed by atoms with van der Waals surface area (Å²) >= 11 is 7.40. The molecule has 1 amide bonds. The van der Waals surface area contributed by atoms with Crippen LogP contribution in [0.3, 0.4) is 0 Å². The van der Waals surface area contributed by atoms with E-state index in [0.29, 0.717) is 28.2 Å². The molecule has 0 aliphatic carbocycles. The van der Waals surface area contributed by atoms with Crippen molar-refractivity contribution in [2.75, 3.05) is 11.1 Å². The van der Waals surface area contributed by atoms with Gasteiger partial charge in [-0.05, 0) is 23.6 Å². The van der Waals surface area contributed by atoms with Gasteiger partial charge in [0, 0.05) is 11.9 Å². The minimum atomic E-state index is -0.176. The maximum Gasteiger partial charge on any atom is 0.234 e. The van der Waals surface area contributed by atoms with Crippen molar-refractivity contribution in [1.29, 1.82) is 0 Å². The van der Waals surface area contributed by atoms with Crippen LogP contribution in [0.2, 0.25) is 5.02 Å². The zero-order valence-corrected chi connectivity index (χ0v) is 18.8. The highest BCUT2D eigenvalue weighted by Crippen LogP contribution is 2.26. The summed E-state index contributed by atoms with van der Waals surface area (Å²) < 4.78 is 7.96. The number of nitrogens with one attached hydrogen (secondary N) is 1. The van der Waals surface area contributed by atoms with Crippen molar-refractivity contribution < 1.29 is 9.53 Å². The van der Waals surface area contributed by atoms with Gasteiger partial charge in [0.05, 0.1) is 16.5 Å². The van der Waals surface area contributed by atoms with E-state index < -0.39 is 0 Å². The van der Waals surface area contributed by atoms with E-state index in [1.807, 2.05) is 59.2 Å². The number of thioether (sulfide) groups is 1. The maximum atomic E-state index is 12.4. The number of nitrogens with zero attached hydrogens (tertiary/aromatic N) is 3. The molecule has 8 heteroatoms. The molecule has 1 aromatic heterocycles. The van der Waals surface area contributed by atoms with Crippen molar-refractivity contribution in [2.45, 2.75) is 18.3 Å². The molecule has 0 saturated heterocycles. The zero-order chi connectivity index (χ0) is 22.3. The second kappa shape index (κ2) is 10.3. The summed E-state index contributed by atoms with van der Waals surface area (Å²) in [4.78, 5) is 12.4. The molecule has 0 unspecified atom stereocenters. The van der Waals surface area contributed by atoms with Gasteiger partial charge in [-0.1, -0.05) is 78.0 Å². The average Bonchev–Trinajstić information content (AvgIpc) is 3.19. The molecule has 1 N–H and O–H groups in total. The molecule has 4 aromatic rings. The van der Waals surface area contributed by atoms with Crippen LogP contribution in [0.25, 0.3) is 10.8 Å². The highest BCUT2D eigenvalue weighted by molar-refractivity contribution is 7.99. The van der Waals surface area contributed by atoms with E-state index in [4.69, 9.17) is 16.3 Å². The molecule has 0 aliphatic rings. The second-order valence-corrected chi connectivity index (χ2v) is 8.23. The first-order chi connectivity index (χ1) is 15.7. The Labute approximate surface area is 195 Å². The number of para-hydroxylation sites is 1. The minimum absolute atomic E-state index is 0.171. The van der Waals surface area contributed by atoms with E-state index in [2.05, 4.69) is 22.1 Å². The van der Waals surface area contributed by atoms with Crippen molar-refractivity contribution in [1.82, 2.24) is 14.8 Å². The predicted molar refractivity (Wildman–Crippen MR) is 129 cm³/mol. The van der Waals surface area contributed by atoms with Gasteiger partial charge in [-0.2, -0.15) is 0 Å². The van der Waals surface area contributed by atoms with Crippen LogP contribution in [0.15, 0.2) is 84.5 Å². The van der Waals surface area contributed by atoms with Crippen molar-refractivity contribution >= 4 is 45.7 Å². The van der Waals surface area contributed by atoms with Crippen molar-refractivity contribution in [3.63, 3.8) is 0 Å². The maximum absolute atomic E-state index is 12.4. The lowest BCUT2D eigenvalue weighted by Crippen LogP contribution is -2.15. The number of benzene rings is 3. The van der Waals surface area contributed by atoms with Crippen LogP contribution in [0.5, 0.6) is 5.75 Å². The number of hydrogen-bond donors (Lipinski definition) is 1. The first-order valence-electron chi connectivity index (χ1n) is 9.96. The van der Waals surface area contributed by atoms with E-state index in [-0.39, 0.29) is 18.3 Å². The molecule has 0 fully saturated rings. The van der Waals surface area contributed by atoms with Gasteiger partial charge in [0.1, 0.15) is 12.4 Å². The Balaban J connectivity index is 1.43. The summed E-state index contributed by atoms with van der Waals surface area (Å²) in [6.07, 6.45) is 1.76. The van der Waals surface area contributed by atoms with Crippen LogP contribution in [0, 0.1) is 0 Å². The van der Waals surface area contributed by atoms with Gasteiger partial charge in [-0.25, -0.2) is 0 Å². The normalized spacial score (nSPS) is 10.8. The zero-order valence-electron chi connectivity index (χ0n) is 17.2. The fourth-order valence-corrected chi connectivity index (χ4v) is 4.14. The lowest BCUT2D eigenvalue weighted by Gasteiger charge is -2.11. The number of rotatable bonds is 9. The molecule has 0 atom stereocenters. The smallest absolute Gasteiger partial charge is 0.234 e. The third kappa shape index (κ3) is 5.12. The Kier molecular flexibility index (Phi) is 7.09. The van der Waals surface area contributed by atoms with Crippen LogP contribution in [0.1, 0.15) is 5.82 Å². The fraction of sp³-hybridized carbons (Fsp3) is 0.125. The van der Waals surface area contributed by atoms with Crippen LogP contribution in [0.4, 0.5) is 5.69 Å². The van der Waals surface area contributed by atoms with E-state index in [0.717, 1.165) is 16.5 Å². The molecule has 3 aromatic carbocycles. The van der Waals surface area contributed by atoms with Gasteiger partial charge >= 0.3 is 0 Å². The Hall–Kier alpha value is -3.29. The summed E-state index contributed by atoms with van der Waals surface area (Å²) in [6.45, 7) is 4.58. The van der Waals surface area contributed by atoms with Gasteiger partial charge in [0.2, 0.25) is 5.91 Å². The Bertz CT molecular complexity index is 1250. The molecule has 0 bridgehead atoms. The monoisotopic (exact) mass is 464 g/mol. The largest absolute Gasteiger partial charge is 0.485 e. The number of aromatic nitrogens is 3. The number of allylic oxidation sites excluding steroid dienone is 1. The molecule has 0 saturated carbocycles. The van der Waals surface area contributed by atoms with Gasteiger partial charge in [0.15, 0.2) is 11.0 Å². The summed E-state index contributed by atoms with van der Waals surface area (Å²) in [6, 6.07) is 21.1. The molecule has 0 aliphatic heterocycles. The highest BCUT2D eigenvalue weighted by atomic mass is 35.5. The fourth-order valence-electron chi connectivity index (χ4n) is 3.19. The first-order valence-corrected chi connectivity index (χ1v) is 11.3. The Morgan fingerprint density at radius 1 is 1.09 bits per heavy atom. The molecule has 6 nitrogen and oxygen atoms in total. The van der Waals surface area contributed by atoms with Gasteiger partial charge in [-0.15, -0.1) is 16.8 Å². The molecular formula is C24H21ClN4O2S. The first kappa shape index (κ1) is 21.9. The van der Waals surface area contributed by atoms with Crippen LogP contribution >= 0.6 is 23.4 Å². The summed E-state index contributed by atoms with van der Waals surface area (Å²) in [5.41, 5.74) is 0.580. The van der Waals surface area contributed by atoms with Gasteiger partial charge in [-0.3, -0.25) is 9.36 Å². The van der Waals surface area contributed by atoms with Crippen LogP contribution in [-0.2, 0) is 17.9 Å². The number of carbonyl (C=O) groups excluding carboxylic acids is 1.